The van der Waals surface area contributed by atoms with Crippen LogP contribution in [0, 0.1) is 0 Å². The van der Waals surface area contributed by atoms with E-state index >= 15 is 0 Å². The summed E-state index contributed by atoms with van der Waals surface area (Å²) in [6.45, 7) is 5.70. The molecule has 0 spiro atoms. The van der Waals surface area contributed by atoms with Crippen LogP contribution in [0.1, 0.15) is 30.2 Å². The van der Waals surface area contributed by atoms with Gasteiger partial charge in [0.15, 0.2) is 0 Å². The fraction of sp³-hybridized carbons (Fsp3) is 0.688. The van der Waals surface area contributed by atoms with E-state index in [4.69, 9.17) is 0 Å². The van der Waals surface area contributed by atoms with E-state index in [1.54, 1.807) is 4.90 Å². The van der Waals surface area contributed by atoms with Crippen LogP contribution in [0.25, 0.3) is 0 Å². The van der Waals surface area contributed by atoms with Crippen LogP contribution in [-0.4, -0.2) is 59.3 Å². The number of hydrogen-bond donors (Lipinski definition) is 2. The van der Waals surface area contributed by atoms with Gasteiger partial charge in [0.1, 0.15) is 0 Å². The molecule has 22 heavy (non-hydrogen) atoms. The van der Waals surface area contributed by atoms with Gasteiger partial charge in [-0.05, 0) is 43.2 Å². The van der Waals surface area contributed by atoms with E-state index in [0.29, 0.717) is 12.6 Å². The minimum Gasteiger partial charge on any atom is -0.394 e. The minimum absolute atomic E-state index is 0.00124. The smallest absolute Gasteiger partial charge is 0.317 e. The first-order chi connectivity index (χ1) is 10.7. The Kier molecular flexibility index (Phi) is 5.00. The lowest BCUT2D eigenvalue weighted by Gasteiger charge is -2.33. The number of carbonyl (C=O) groups is 1. The summed E-state index contributed by atoms with van der Waals surface area (Å²) >= 11 is 1.85. The summed E-state index contributed by atoms with van der Waals surface area (Å²) in [7, 11) is 0. The largest absolute Gasteiger partial charge is 0.394 e. The molecule has 1 aromatic rings. The molecule has 0 saturated carbocycles. The Hall–Kier alpha value is -1.11. The van der Waals surface area contributed by atoms with Gasteiger partial charge in [0.2, 0.25) is 0 Å². The Morgan fingerprint density at radius 3 is 3.23 bits per heavy atom. The van der Waals surface area contributed by atoms with Crippen molar-refractivity contribution in [1.29, 1.82) is 0 Å². The van der Waals surface area contributed by atoms with E-state index < -0.39 is 0 Å². The average molecular weight is 323 g/mol. The number of nitrogens with zero attached hydrogens (tertiary/aromatic N) is 2. The van der Waals surface area contributed by atoms with Crippen molar-refractivity contribution in [2.24, 2.45) is 0 Å². The van der Waals surface area contributed by atoms with Crippen LogP contribution in [0.15, 0.2) is 11.4 Å². The molecule has 2 amide bonds. The topological polar surface area (TPSA) is 55.8 Å². The minimum atomic E-state index is -0.0309. The van der Waals surface area contributed by atoms with E-state index in [-0.39, 0.29) is 18.7 Å². The van der Waals surface area contributed by atoms with E-state index in [9.17, 15) is 9.90 Å². The van der Waals surface area contributed by atoms with Crippen LogP contribution in [0.4, 0.5) is 4.79 Å². The number of aliphatic hydroxyl groups excluding tert-OH is 1. The van der Waals surface area contributed by atoms with Crippen LogP contribution in [0.3, 0.4) is 0 Å². The van der Waals surface area contributed by atoms with Gasteiger partial charge in [0.05, 0.1) is 12.6 Å². The van der Waals surface area contributed by atoms with Crippen LogP contribution in [-0.2, 0) is 13.0 Å². The number of thiophene rings is 1. The SMILES string of the molecule is CC(CNC(=O)N1CCC[C@H]1CO)N1CCc2sccc2C1. The zero-order valence-corrected chi connectivity index (χ0v) is 13.9. The first-order valence-electron chi connectivity index (χ1n) is 8.13. The van der Waals surface area contributed by atoms with Crippen molar-refractivity contribution < 1.29 is 9.90 Å². The van der Waals surface area contributed by atoms with Gasteiger partial charge in [-0.2, -0.15) is 0 Å². The average Bonchev–Trinajstić information content (AvgIpc) is 3.19. The maximum absolute atomic E-state index is 12.2. The summed E-state index contributed by atoms with van der Waals surface area (Å²) in [5.74, 6) is 0. The fourth-order valence-electron chi connectivity index (χ4n) is 3.41. The number of likely N-dealkylation sites (tertiary alicyclic amines) is 1. The highest BCUT2D eigenvalue weighted by Gasteiger charge is 2.28. The predicted molar refractivity (Wildman–Crippen MR) is 88.1 cm³/mol. The molecule has 2 aliphatic rings. The molecule has 0 radical (unpaired) electrons. The zero-order valence-electron chi connectivity index (χ0n) is 13.1. The maximum Gasteiger partial charge on any atom is 0.317 e. The van der Waals surface area contributed by atoms with Gasteiger partial charge < -0.3 is 15.3 Å². The lowest BCUT2D eigenvalue weighted by molar-refractivity contribution is 0.149. The van der Waals surface area contributed by atoms with Crippen molar-refractivity contribution in [3.8, 4) is 0 Å². The summed E-state index contributed by atoms with van der Waals surface area (Å²) in [6, 6.07) is 2.51. The number of nitrogens with one attached hydrogen (secondary N) is 1. The van der Waals surface area contributed by atoms with Crippen molar-refractivity contribution >= 4 is 17.4 Å². The highest BCUT2D eigenvalue weighted by molar-refractivity contribution is 7.10. The van der Waals surface area contributed by atoms with Gasteiger partial charge in [-0.1, -0.05) is 0 Å². The van der Waals surface area contributed by atoms with E-state index in [0.717, 1.165) is 38.9 Å². The van der Waals surface area contributed by atoms with Crippen molar-refractivity contribution in [3.05, 3.63) is 21.9 Å². The summed E-state index contributed by atoms with van der Waals surface area (Å²) in [5.41, 5.74) is 1.44. The van der Waals surface area contributed by atoms with E-state index in [2.05, 4.69) is 28.6 Å². The number of rotatable bonds is 4. The summed E-state index contributed by atoms with van der Waals surface area (Å²) in [4.78, 5) is 18.0. The number of urea groups is 1. The van der Waals surface area contributed by atoms with E-state index in [1.807, 2.05) is 11.3 Å². The highest BCUT2D eigenvalue weighted by Crippen LogP contribution is 2.25. The second-order valence-corrected chi connectivity index (χ2v) is 7.30. The number of amides is 2. The lowest BCUT2D eigenvalue weighted by Crippen LogP contribution is -2.49. The molecular formula is C16H25N3O2S. The predicted octanol–water partition coefficient (Wildman–Crippen LogP) is 1.66. The molecular weight excluding hydrogens is 298 g/mol. The van der Waals surface area contributed by atoms with Gasteiger partial charge in [-0.15, -0.1) is 11.3 Å². The van der Waals surface area contributed by atoms with Crippen LogP contribution < -0.4 is 5.32 Å². The Balaban J connectivity index is 1.48. The van der Waals surface area contributed by atoms with E-state index in [1.165, 1.54) is 10.4 Å². The third kappa shape index (κ3) is 3.29. The summed E-state index contributed by atoms with van der Waals surface area (Å²) < 4.78 is 0. The molecule has 122 valence electrons. The van der Waals surface area contributed by atoms with Crippen molar-refractivity contribution in [2.75, 3.05) is 26.2 Å². The Morgan fingerprint density at radius 2 is 2.41 bits per heavy atom. The monoisotopic (exact) mass is 323 g/mol. The Bertz CT molecular complexity index is 519. The Morgan fingerprint density at radius 1 is 1.55 bits per heavy atom. The summed E-state index contributed by atoms with van der Waals surface area (Å²) in [6.07, 6.45) is 3.01. The standard InChI is InChI=1S/C16H25N3O2S/c1-12(18-7-4-15-13(10-18)5-8-22-15)9-17-16(21)19-6-2-3-14(19)11-20/h5,8,12,14,20H,2-4,6-7,9-11H2,1H3,(H,17,21)/t12?,14-/m0/s1. The Labute approximate surface area is 135 Å². The number of carbonyl (C=O) groups excluding carboxylic acids is 1. The lowest BCUT2D eigenvalue weighted by atomic mass is 10.1. The number of hydrogen-bond acceptors (Lipinski definition) is 4. The molecule has 3 rings (SSSR count). The van der Waals surface area contributed by atoms with Gasteiger partial charge in [0, 0.05) is 37.1 Å². The third-order valence-electron chi connectivity index (χ3n) is 4.86. The van der Waals surface area contributed by atoms with Gasteiger partial charge in [0.25, 0.3) is 0 Å². The molecule has 1 unspecified atom stereocenters. The molecule has 3 heterocycles. The fourth-order valence-corrected chi connectivity index (χ4v) is 4.29. The molecule has 0 aliphatic carbocycles. The molecule has 1 saturated heterocycles. The second-order valence-electron chi connectivity index (χ2n) is 6.30. The van der Waals surface area contributed by atoms with Gasteiger partial charge in [-0.3, -0.25) is 4.90 Å². The molecule has 2 atom stereocenters. The van der Waals surface area contributed by atoms with Crippen molar-refractivity contribution in [1.82, 2.24) is 15.1 Å². The van der Waals surface area contributed by atoms with Crippen molar-refractivity contribution in [2.45, 2.75) is 44.8 Å². The number of aliphatic hydroxyl groups is 1. The quantitative estimate of drug-likeness (QED) is 0.886. The molecule has 0 bridgehead atoms. The molecule has 2 aliphatic heterocycles. The van der Waals surface area contributed by atoms with Crippen LogP contribution >= 0.6 is 11.3 Å². The molecule has 6 heteroatoms. The molecule has 5 nitrogen and oxygen atoms in total. The normalized spacial score (nSPS) is 23.4. The number of fused-ring (bicyclic) bond motifs is 1. The summed E-state index contributed by atoms with van der Waals surface area (Å²) in [5, 5.41) is 14.5. The molecule has 2 N–H and O–H groups in total. The van der Waals surface area contributed by atoms with Gasteiger partial charge in [-0.25, -0.2) is 4.79 Å². The van der Waals surface area contributed by atoms with Gasteiger partial charge >= 0.3 is 6.03 Å². The first kappa shape index (κ1) is 15.8. The van der Waals surface area contributed by atoms with Crippen LogP contribution in [0.2, 0.25) is 0 Å². The first-order valence-corrected chi connectivity index (χ1v) is 9.01. The molecule has 0 aromatic carbocycles. The highest BCUT2D eigenvalue weighted by atomic mass is 32.1. The molecule has 1 fully saturated rings. The second kappa shape index (κ2) is 6.98. The third-order valence-corrected chi connectivity index (χ3v) is 5.88. The zero-order chi connectivity index (χ0) is 15.5. The van der Waals surface area contributed by atoms with Crippen molar-refractivity contribution in [3.63, 3.8) is 0 Å². The maximum atomic E-state index is 12.2. The van der Waals surface area contributed by atoms with Crippen LogP contribution in [0.5, 0.6) is 0 Å². The molecule has 1 aromatic heterocycles.